The van der Waals surface area contributed by atoms with Crippen LogP contribution in [0.25, 0.3) is 0 Å². The summed E-state index contributed by atoms with van der Waals surface area (Å²) in [6, 6.07) is 5.08. The Morgan fingerprint density at radius 2 is 2.11 bits per heavy atom. The zero-order valence-corrected chi connectivity index (χ0v) is 11.6. The lowest BCUT2D eigenvalue weighted by atomic mass is 9.75. The quantitative estimate of drug-likeness (QED) is 0.698. The van der Waals surface area contributed by atoms with E-state index in [1.54, 1.807) is 18.2 Å². The molecule has 19 heavy (non-hydrogen) atoms. The van der Waals surface area contributed by atoms with Crippen LogP contribution in [0, 0.1) is 0 Å². The fourth-order valence-corrected chi connectivity index (χ4v) is 2.49. The number of nitrogens with zero attached hydrogens (tertiary/aromatic N) is 1. The molecule has 0 saturated heterocycles. The first-order chi connectivity index (χ1) is 8.94. The van der Waals surface area contributed by atoms with Crippen LogP contribution in [0.1, 0.15) is 29.6 Å². The van der Waals surface area contributed by atoms with Crippen molar-refractivity contribution in [3.05, 3.63) is 23.8 Å². The number of carbonyl (C=O) groups excluding carboxylic acids is 1. The third-order valence-corrected chi connectivity index (χ3v) is 4.18. The third kappa shape index (κ3) is 2.66. The van der Waals surface area contributed by atoms with E-state index in [4.69, 9.17) is 11.5 Å². The number of anilines is 2. The average Bonchev–Trinajstić information content (AvgIpc) is 2.29. The van der Waals surface area contributed by atoms with E-state index < -0.39 is 5.91 Å². The Balaban J connectivity index is 2.10. The number of nitrogens with one attached hydrogen (secondary N) is 1. The lowest BCUT2D eigenvalue weighted by Gasteiger charge is -2.47. The smallest absolute Gasteiger partial charge is 0.248 e. The molecule has 1 aliphatic rings. The van der Waals surface area contributed by atoms with Crippen LogP contribution < -0.4 is 16.8 Å². The zero-order chi connectivity index (χ0) is 14.0. The molecule has 0 bridgehead atoms. The molecule has 0 radical (unpaired) electrons. The van der Waals surface area contributed by atoms with Crippen molar-refractivity contribution in [3.63, 3.8) is 0 Å². The maximum Gasteiger partial charge on any atom is 0.248 e. The van der Waals surface area contributed by atoms with Gasteiger partial charge in [0.1, 0.15) is 0 Å². The third-order valence-electron chi connectivity index (χ3n) is 4.18. The summed E-state index contributed by atoms with van der Waals surface area (Å²) in [6.07, 6.45) is 3.63. The van der Waals surface area contributed by atoms with Crippen LogP contribution in [-0.4, -0.2) is 37.0 Å². The molecule has 5 heteroatoms. The summed E-state index contributed by atoms with van der Waals surface area (Å²) in [6.45, 7) is 0.826. The van der Waals surface area contributed by atoms with Gasteiger partial charge in [0, 0.05) is 17.6 Å². The highest BCUT2D eigenvalue weighted by molar-refractivity contribution is 5.94. The molecule has 5 N–H and O–H groups in total. The second-order valence-electron chi connectivity index (χ2n) is 5.49. The normalized spacial score (nSPS) is 17.0. The molecule has 1 aromatic rings. The largest absolute Gasteiger partial charge is 0.397 e. The van der Waals surface area contributed by atoms with Crippen molar-refractivity contribution in [1.82, 2.24) is 4.90 Å². The van der Waals surface area contributed by atoms with E-state index in [2.05, 4.69) is 24.3 Å². The van der Waals surface area contributed by atoms with E-state index in [-0.39, 0.29) is 5.54 Å². The van der Waals surface area contributed by atoms with Gasteiger partial charge in [-0.1, -0.05) is 0 Å². The molecule has 0 heterocycles. The van der Waals surface area contributed by atoms with Gasteiger partial charge < -0.3 is 21.7 Å². The second kappa shape index (κ2) is 5.09. The Labute approximate surface area is 113 Å². The van der Waals surface area contributed by atoms with Crippen molar-refractivity contribution in [2.45, 2.75) is 24.8 Å². The summed E-state index contributed by atoms with van der Waals surface area (Å²) >= 11 is 0. The first-order valence-corrected chi connectivity index (χ1v) is 6.55. The minimum Gasteiger partial charge on any atom is -0.397 e. The highest BCUT2D eigenvalue weighted by atomic mass is 16.1. The second-order valence-corrected chi connectivity index (χ2v) is 5.49. The van der Waals surface area contributed by atoms with E-state index in [1.807, 2.05) is 0 Å². The number of nitrogen functional groups attached to an aromatic ring is 1. The van der Waals surface area contributed by atoms with E-state index in [0.717, 1.165) is 12.2 Å². The molecule has 1 aliphatic carbocycles. The molecule has 0 atom stereocenters. The van der Waals surface area contributed by atoms with Crippen molar-refractivity contribution >= 4 is 17.3 Å². The standard InChI is InChI=1S/C14H22N4O/c1-18(2)14(6-3-7-14)9-17-12-8-10(13(16)19)4-5-11(12)15/h4-5,8,17H,3,6-7,9,15H2,1-2H3,(H2,16,19). The molecule has 1 fully saturated rings. The molecule has 1 saturated carbocycles. The Morgan fingerprint density at radius 3 is 2.58 bits per heavy atom. The van der Waals surface area contributed by atoms with Gasteiger partial charge >= 0.3 is 0 Å². The highest BCUT2D eigenvalue weighted by Crippen LogP contribution is 2.36. The average molecular weight is 262 g/mol. The SMILES string of the molecule is CN(C)C1(CNc2cc(C(N)=O)ccc2N)CCC1. The van der Waals surface area contributed by atoms with Gasteiger partial charge in [-0.25, -0.2) is 0 Å². The number of nitrogens with two attached hydrogens (primary N) is 2. The Bertz CT molecular complexity index is 480. The number of hydrogen-bond donors (Lipinski definition) is 3. The van der Waals surface area contributed by atoms with E-state index in [1.165, 1.54) is 19.3 Å². The van der Waals surface area contributed by atoms with Crippen LogP contribution in [-0.2, 0) is 0 Å². The summed E-state index contributed by atoms with van der Waals surface area (Å²) < 4.78 is 0. The van der Waals surface area contributed by atoms with Crippen molar-refractivity contribution in [2.75, 3.05) is 31.7 Å². The molecule has 0 unspecified atom stereocenters. The van der Waals surface area contributed by atoms with Gasteiger partial charge in [-0.2, -0.15) is 0 Å². The molecule has 0 aliphatic heterocycles. The van der Waals surface area contributed by atoms with Gasteiger partial charge in [-0.15, -0.1) is 0 Å². The van der Waals surface area contributed by atoms with Gasteiger partial charge in [0.05, 0.1) is 11.4 Å². The number of hydrogen-bond acceptors (Lipinski definition) is 4. The Hall–Kier alpha value is -1.75. The summed E-state index contributed by atoms with van der Waals surface area (Å²) in [7, 11) is 4.20. The monoisotopic (exact) mass is 262 g/mol. The summed E-state index contributed by atoms with van der Waals surface area (Å²) in [5, 5.41) is 3.36. The lowest BCUT2D eigenvalue weighted by molar-refractivity contribution is 0.0739. The first-order valence-electron chi connectivity index (χ1n) is 6.55. The van der Waals surface area contributed by atoms with E-state index in [9.17, 15) is 4.79 Å². The maximum absolute atomic E-state index is 11.2. The molecule has 5 nitrogen and oxygen atoms in total. The van der Waals surface area contributed by atoms with Crippen LogP contribution in [0.3, 0.4) is 0 Å². The van der Waals surface area contributed by atoms with Crippen LogP contribution in [0.2, 0.25) is 0 Å². The van der Waals surface area contributed by atoms with E-state index >= 15 is 0 Å². The molecule has 2 rings (SSSR count). The minimum atomic E-state index is -0.436. The molecule has 0 aromatic heterocycles. The van der Waals surface area contributed by atoms with Crippen molar-refractivity contribution in [2.24, 2.45) is 5.73 Å². The predicted octanol–water partition coefficient (Wildman–Crippen LogP) is 1.26. The Kier molecular flexibility index (Phi) is 3.66. The number of benzene rings is 1. The fourth-order valence-electron chi connectivity index (χ4n) is 2.49. The predicted molar refractivity (Wildman–Crippen MR) is 78.1 cm³/mol. The maximum atomic E-state index is 11.2. The molecule has 0 spiro atoms. The van der Waals surface area contributed by atoms with Crippen LogP contribution in [0.4, 0.5) is 11.4 Å². The molecule has 104 valence electrons. The topological polar surface area (TPSA) is 84.4 Å². The molecule has 1 aromatic carbocycles. The highest BCUT2D eigenvalue weighted by Gasteiger charge is 2.38. The number of likely N-dealkylation sites (N-methyl/N-ethyl adjacent to an activating group) is 1. The molecular formula is C14H22N4O. The number of carbonyl (C=O) groups is 1. The number of amides is 1. The van der Waals surface area contributed by atoms with Gasteiger partial charge in [-0.3, -0.25) is 4.79 Å². The fraction of sp³-hybridized carbons (Fsp3) is 0.500. The summed E-state index contributed by atoms with van der Waals surface area (Å²) in [5.41, 5.74) is 13.3. The summed E-state index contributed by atoms with van der Waals surface area (Å²) in [4.78, 5) is 13.4. The van der Waals surface area contributed by atoms with Gasteiger partial charge in [0.25, 0.3) is 0 Å². The van der Waals surface area contributed by atoms with Crippen molar-refractivity contribution in [1.29, 1.82) is 0 Å². The van der Waals surface area contributed by atoms with Crippen LogP contribution >= 0.6 is 0 Å². The number of rotatable bonds is 5. The molecular weight excluding hydrogens is 240 g/mol. The summed E-state index contributed by atoms with van der Waals surface area (Å²) in [5.74, 6) is -0.436. The first kappa shape index (κ1) is 13.7. The van der Waals surface area contributed by atoms with E-state index in [0.29, 0.717) is 11.3 Å². The lowest BCUT2D eigenvalue weighted by Crippen LogP contribution is -2.54. The van der Waals surface area contributed by atoms with Gasteiger partial charge in [0.15, 0.2) is 0 Å². The zero-order valence-electron chi connectivity index (χ0n) is 11.6. The minimum absolute atomic E-state index is 0.204. The van der Waals surface area contributed by atoms with Crippen molar-refractivity contribution in [3.8, 4) is 0 Å². The molecule has 1 amide bonds. The van der Waals surface area contributed by atoms with Crippen molar-refractivity contribution < 1.29 is 4.79 Å². The van der Waals surface area contributed by atoms with Crippen LogP contribution in [0.15, 0.2) is 18.2 Å². The van der Waals surface area contributed by atoms with Gasteiger partial charge in [-0.05, 0) is 51.6 Å². The number of primary amides is 1. The van der Waals surface area contributed by atoms with Gasteiger partial charge in [0.2, 0.25) is 5.91 Å². The van der Waals surface area contributed by atoms with Crippen LogP contribution in [0.5, 0.6) is 0 Å². The Morgan fingerprint density at radius 1 is 1.42 bits per heavy atom.